The van der Waals surface area contributed by atoms with Gasteiger partial charge in [-0.05, 0) is 25.0 Å². The molecule has 10 heteroatoms. The minimum atomic E-state index is -3.31. The van der Waals surface area contributed by atoms with E-state index in [4.69, 9.17) is 10.5 Å². The van der Waals surface area contributed by atoms with Crippen LogP contribution in [-0.2, 0) is 19.6 Å². The number of nitrogens with zero attached hydrogens (tertiary/aromatic N) is 1. The van der Waals surface area contributed by atoms with Crippen molar-refractivity contribution in [2.24, 2.45) is 5.73 Å². The zero-order valence-corrected chi connectivity index (χ0v) is 15.8. The van der Waals surface area contributed by atoms with Crippen molar-refractivity contribution in [2.45, 2.75) is 25.0 Å². The highest BCUT2D eigenvalue weighted by atomic mass is 32.2. The summed E-state index contributed by atoms with van der Waals surface area (Å²) < 4.78 is 30.4. The molecule has 26 heavy (non-hydrogen) atoms. The Morgan fingerprint density at radius 2 is 2.08 bits per heavy atom. The monoisotopic (exact) mass is 396 g/mol. The molecule has 3 rings (SSSR count). The van der Waals surface area contributed by atoms with E-state index in [1.165, 1.54) is 11.3 Å². The lowest BCUT2D eigenvalue weighted by Gasteiger charge is -2.11. The zero-order chi connectivity index (χ0) is 18.7. The predicted molar refractivity (Wildman–Crippen MR) is 102 cm³/mol. The number of carbonyl (C=O) groups excluding carboxylic acids is 1. The molecule has 1 fully saturated rings. The number of hydrogen-bond donors (Lipinski definition) is 3. The van der Waals surface area contributed by atoms with Crippen molar-refractivity contribution in [1.82, 2.24) is 4.98 Å². The Morgan fingerprint density at radius 1 is 1.35 bits per heavy atom. The first-order chi connectivity index (χ1) is 12.3. The molecule has 0 unspecified atom stereocenters. The number of ether oxygens (including phenoxy) is 1. The van der Waals surface area contributed by atoms with E-state index in [9.17, 15) is 13.2 Å². The van der Waals surface area contributed by atoms with Gasteiger partial charge in [-0.25, -0.2) is 13.4 Å². The summed E-state index contributed by atoms with van der Waals surface area (Å²) >= 11 is 1.32. The quantitative estimate of drug-likeness (QED) is 0.682. The standard InChI is InChI=1S/C16H20N4O4S2/c1-26(22,23)20-11-4-2-10(3-5-11)13-9-25-16(18-13)19-15(21)14-7-6-12(8-17)24-14/h2-5,9,12,14,20H,6-8,17H2,1H3,(H,18,19,21)/t12-,14+/m1/s1. The summed E-state index contributed by atoms with van der Waals surface area (Å²) in [5.41, 5.74) is 7.55. The molecule has 1 amide bonds. The molecule has 1 aromatic heterocycles. The Kier molecular flexibility index (Phi) is 5.56. The lowest BCUT2D eigenvalue weighted by Crippen LogP contribution is -2.29. The molecule has 0 aliphatic carbocycles. The second-order valence-corrected chi connectivity index (χ2v) is 8.65. The van der Waals surface area contributed by atoms with E-state index in [1.807, 2.05) is 5.38 Å². The highest BCUT2D eigenvalue weighted by Gasteiger charge is 2.30. The molecular weight excluding hydrogens is 376 g/mol. The summed E-state index contributed by atoms with van der Waals surface area (Å²) in [5.74, 6) is -0.213. The third kappa shape index (κ3) is 4.79. The van der Waals surface area contributed by atoms with Crippen molar-refractivity contribution in [3.8, 4) is 11.3 Å². The van der Waals surface area contributed by atoms with Gasteiger partial charge in [-0.2, -0.15) is 0 Å². The summed E-state index contributed by atoms with van der Waals surface area (Å²) in [6, 6.07) is 6.85. The number of nitrogens with one attached hydrogen (secondary N) is 2. The van der Waals surface area contributed by atoms with Gasteiger partial charge in [0, 0.05) is 23.2 Å². The van der Waals surface area contributed by atoms with Gasteiger partial charge in [0.15, 0.2) is 5.13 Å². The molecule has 2 heterocycles. The Balaban J connectivity index is 1.63. The summed E-state index contributed by atoms with van der Waals surface area (Å²) in [7, 11) is -3.31. The zero-order valence-electron chi connectivity index (χ0n) is 14.1. The maximum atomic E-state index is 12.2. The molecule has 4 N–H and O–H groups in total. The molecule has 1 aliphatic rings. The van der Waals surface area contributed by atoms with Crippen LogP contribution in [0.25, 0.3) is 11.3 Å². The number of benzene rings is 1. The Labute approximate surface area is 155 Å². The molecule has 1 aliphatic heterocycles. The number of thiazole rings is 1. The van der Waals surface area contributed by atoms with Crippen LogP contribution in [-0.4, -0.2) is 44.3 Å². The number of sulfonamides is 1. The van der Waals surface area contributed by atoms with Crippen LogP contribution in [0.4, 0.5) is 10.8 Å². The van der Waals surface area contributed by atoms with E-state index in [0.717, 1.165) is 18.2 Å². The van der Waals surface area contributed by atoms with Crippen molar-refractivity contribution >= 4 is 38.1 Å². The highest BCUT2D eigenvalue weighted by molar-refractivity contribution is 7.92. The van der Waals surface area contributed by atoms with Crippen LogP contribution in [0.1, 0.15) is 12.8 Å². The molecule has 0 bridgehead atoms. The molecule has 0 spiro atoms. The fourth-order valence-electron chi connectivity index (χ4n) is 2.64. The van der Waals surface area contributed by atoms with Crippen LogP contribution in [0.15, 0.2) is 29.6 Å². The van der Waals surface area contributed by atoms with Crippen LogP contribution < -0.4 is 15.8 Å². The lowest BCUT2D eigenvalue weighted by atomic mass is 10.1. The fraction of sp³-hybridized carbons (Fsp3) is 0.375. The number of rotatable bonds is 6. The topological polar surface area (TPSA) is 123 Å². The summed E-state index contributed by atoms with van der Waals surface area (Å²) in [5, 5.41) is 5.09. The van der Waals surface area contributed by atoms with Crippen LogP contribution in [0.2, 0.25) is 0 Å². The third-order valence-corrected chi connectivity index (χ3v) is 5.25. The Bertz CT molecular complexity index is 880. The molecule has 2 atom stereocenters. The average Bonchev–Trinajstić information content (AvgIpc) is 3.23. The van der Waals surface area contributed by atoms with Crippen molar-refractivity contribution < 1.29 is 17.9 Å². The van der Waals surface area contributed by atoms with Gasteiger partial charge in [-0.3, -0.25) is 14.8 Å². The predicted octanol–water partition coefficient (Wildman–Crippen LogP) is 1.63. The second-order valence-electron chi connectivity index (χ2n) is 6.04. The minimum Gasteiger partial charge on any atom is -0.364 e. The number of hydrogen-bond acceptors (Lipinski definition) is 7. The van der Waals surface area contributed by atoms with Gasteiger partial charge < -0.3 is 10.5 Å². The van der Waals surface area contributed by atoms with E-state index in [0.29, 0.717) is 29.5 Å². The average molecular weight is 396 g/mol. The minimum absolute atomic E-state index is 0.0586. The SMILES string of the molecule is CS(=O)(=O)Nc1ccc(-c2csc(NC(=O)[C@@H]3CC[C@H](CN)O3)n2)cc1. The molecule has 140 valence electrons. The number of anilines is 2. The van der Waals surface area contributed by atoms with Gasteiger partial charge in [-0.15, -0.1) is 11.3 Å². The molecular formula is C16H20N4O4S2. The number of carbonyl (C=O) groups is 1. The van der Waals surface area contributed by atoms with Crippen LogP contribution in [0.3, 0.4) is 0 Å². The van der Waals surface area contributed by atoms with Crippen molar-refractivity contribution in [1.29, 1.82) is 0 Å². The van der Waals surface area contributed by atoms with Gasteiger partial charge in [0.05, 0.1) is 18.1 Å². The fourth-order valence-corrected chi connectivity index (χ4v) is 3.93. The first-order valence-corrected chi connectivity index (χ1v) is 10.8. The van der Waals surface area contributed by atoms with Gasteiger partial charge in [-0.1, -0.05) is 12.1 Å². The molecule has 8 nitrogen and oxygen atoms in total. The van der Waals surface area contributed by atoms with Gasteiger partial charge in [0.25, 0.3) is 5.91 Å². The van der Waals surface area contributed by atoms with Crippen LogP contribution >= 0.6 is 11.3 Å². The number of amides is 1. The molecule has 1 aromatic carbocycles. The Morgan fingerprint density at radius 3 is 2.69 bits per heavy atom. The van der Waals surface area contributed by atoms with Gasteiger partial charge >= 0.3 is 0 Å². The van der Waals surface area contributed by atoms with Crippen LogP contribution in [0.5, 0.6) is 0 Å². The first-order valence-electron chi connectivity index (χ1n) is 8.04. The van der Waals surface area contributed by atoms with Gasteiger partial charge in [0.1, 0.15) is 6.10 Å². The van der Waals surface area contributed by atoms with Crippen molar-refractivity contribution in [2.75, 3.05) is 22.8 Å². The molecule has 0 radical (unpaired) electrons. The smallest absolute Gasteiger partial charge is 0.255 e. The first kappa shape index (κ1) is 18.8. The van der Waals surface area contributed by atoms with E-state index >= 15 is 0 Å². The van der Waals surface area contributed by atoms with Gasteiger partial charge in [0.2, 0.25) is 10.0 Å². The van der Waals surface area contributed by atoms with E-state index in [-0.39, 0.29) is 12.0 Å². The maximum Gasteiger partial charge on any atom is 0.255 e. The maximum absolute atomic E-state index is 12.2. The lowest BCUT2D eigenvalue weighted by molar-refractivity contribution is -0.126. The molecule has 1 saturated heterocycles. The van der Waals surface area contributed by atoms with E-state index < -0.39 is 16.1 Å². The second kappa shape index (κ2) is 7.70. The largest absolute Gasteiger partial charge is 0.364 e. The number of nitrogens with two attached hydrogens (primary N) is 1. The summed E-state index contributed by atoms with van der Waals surface area (Å²) in [6.07, 6.45) is 1.99. The summed E-state index contributed by atoms with van der Waals surface area (Å²) in [6.45, 7) is 0.412. The molecule has 2 aromatic rings. The van der Waals surface area contributed by atoms with E-state index in [1.54, 1.807) is 24.3 Å². The normalized spacial score (nSPS) is 20.1. The third-order valence-electron chi connectivity index (χ3n) is 3.88. The van der Waals surface area contributed by atoms with Crippen LogP contribution in [0, 0.1) is 0 Å². The summed E-state index contributed by atoms with van der Waals surface area (Å²) in [4.78, 5) is 16.6. The Hall–Kier alpha value is -2.01. The molecule has 0 saturated carbocycles. The number of aromatic nitrogens is 1. The van der Waals surface area contributed by atoms with E-state index in [2.05, 4.69) is 15.0 Å². The van der Waals surface area contributed by atoms with Crippen molar-refractivity contribution in [3.63, 3.8) is 0 Å². The van der Waals surface area contributed by atoms with Crippen molar-refractivity contribution in [3.05, 3.63) is 29.6 Å². The highest BCUT2D eigenvalue weighted by Crippen LogP contribution is 2.27.